The van der Waals surface area contributed by atoms with Gasteiger partial charge in [0.05, 0.1) is 5.75 Å². The summed E-state index contributed by atoms with van der Waals surface area (Å²) in [5.74, 6) is 0.638. The molecule has 0 radical (unpaired) electrons. The van der Waals surface area contributed by atoms with Gasteiger partial charge in [-0.25, -0.2) is 0 Å². The van der Waals surface area contributed by atoms with E-state index in [2.05, 4.69) is 30.7 Å². The molecule has 1 heterocycles. The molecule has 0 saturated heterocycles. The van der Waals surface area contributed by atoms with Crippen LogP contribution in [0.2, 0.25) is 0 Å². The van der Waals surface area contributed by atoms with Gasteiger partial charge in [0.1, 0.15) is 12.4 Å². The van der Waals surface area contributed by atoms with E-state index in [0.29, 0.717) is 17.8 Å². The number of halogens is 1. The molecule has 1 aliphatic carbocycles. The fourth-order valence-electron chi connectivity index (χ4n) is 3.04. The molecule has 0 bridgehead atoms. The van der Waals surface area contributed by atoms with Gasteiger partial charge in [-0.2, -0.15) is 0 Å². The highest BCUT2D eigenvalue weighted by Crippen LogP contribution is 2.33. The number of hydrogen-bond donors (Lipinski definition) is 1. The minimum absolute atomic E-state index is 0.0165. The highest BCUT2D eigenvalue weighted by Gasteiger charge is 2.23. The maximum Gasteiger partial charge on any atom is 0.313 e. The number of carboxylic acid groups (broad SMARTS) is 1. The molecule has 0 aliphatic heterocycles. The largest absolute Gasteiger partial charge is 0.486 e. The number of hydrogen-bond acceptors (Lipinski definition) is 5. The van der Waals surface area contributed by atoms with E-state index in [-0.39, 0.29) is 5.75 Å². The Labute approximate surface area is 159 Å². The van der Waals surface area contributed by atoms with Gasteiger partial charge in [-0.15, -0.1) is 10.2 Å². The normalized spacial score (nSPS) is 15.2. The Hall–Kier alpha value is -1.54. The molecule has 1 aromatic heterocycles. The summed E-state index contributed by atoms with van der Waals surface area (Å²) in [4.78, 5) is 10.9. The summed E-state index contributed by atoms with van der Waals surface area (Å²) in [5, 5.41) is 18.1. The number of rotatable bonds is 7. The maximum atomic E-state index is 10.9. The third-order valence-electron chi connectivity index (χ3n) is 4.16. The first-order chi connectivity index (χ1) is 12.1. The summed E-state index contributed by atoms with van der Waals surface area (Å²) in [7, 11) is 0. The topological polar surface area (TPSA) is 77.2 Å². The number of aromatic nitrogens is 3. The molecule has 1 fully saturated rings. The molecule has 1 N–H and O–H groups in total. The quantitative estimate of drug-likeness (QED) is 0.666. The minimum atomic E-state index is -0.852. The van der Waals surface area contributed by atoms with Crippen LogP contribution < -0.4 is 4.74 Å². The van der Waals surface area contributed by atoms with Crippen LogP contribution in [0.4, 0.5) is 0 Å². The molecule has 3 rings (SSSR count). The van der Waals surface area contributed by atoms with Crippen molar-refractivity contribution in [1.82, 2.24) is 14.8 Å². The number of nitrogens with zero attached hydrogens (tertiary/aromatic N) is 3. The zero-order valence-corrected chi connectivity index (χ0v) is 16.1. The number of aliphatic carboxylic acids is 1. The molecule has 0 unspecified atom stereocenters. The van der Waals surface area contributed by atoms with Gasteiger partial charge in [0.15, 0.2) is 11.0 Å². The van der Waals surface area contributed by atoms with E-state index in [1.165, 1.54) is 31.0 Å². The molecule has 25 heavy (non-hydrogen) atoms. The Morgan fingerprint density at radius 1 is 1.32 bits per heavy atom. The second-order valence-corrected chi connectivity index (χ2v) is 7.85. The van der Waals surface area contributed by atoms with Crippen molar-refractivity contribution in [2.24, 2.45) is 0 Å². The number of benzene rings is 1. The molecule has 0 spiro atoms. The standard InChI is InChI=1S/C17H20BrN3O3S/c18-12-5-4-8-14(9-12)24-10-15-19-20-17(25-11-16(22)23)21(15)13-6-2-1-3-7-13/h4-5,8-9,13H,1-3,6-7,10-11H2,(H,22,23). The van der Waals surface area contributed by atoms with Crippen molar-refractivity contribution in [2.45, 2.75) is 49.9 Å². The Kier molecular flexibility index (Phi) is 6.36. The molecule has 1 aromatic carbocycles. The van der Waals surface area contributed by atoms with Crippen LogP contribution in [-0.4, -0.2) is 31.6 Å². The van der Waals surface area contributed by atoms with Crippen molar-refractivity contribution in [1.29, 1.82) is 0 Å². The van der Waals surface area contributed by atoms with Gasteiger partial charge in [-0.05, 0) is 31.0 Å². The highest BCUT2D eigenvalue weighted by atomic mass is 79.9. The average molecular weight is 426 g/mol. The SMILES string of the molecule is O=C(O)CSc1nnc(COc2cccc(Br)c2)n1C1CCCCC1. The third kappa shape index (κ3) is 4.98. The van der Waals surface area contributed by atoms with Crippen LogP contribution in [0.25, 0.3) is 0 Å². The molecule has 2 aromatic rings. The van der Waals surface area contributed by atoms with E-state index in [4.69, 9.17) is 9.84 Å². The van der Waals surface area contributed by atoms with Crippen molar-refractivity contribution in [3.8, 4) is 5.75 Å². The van der Waals surface area contributed by atoms with Crippen LogP contribution in [0.5, 0.6) is 5.75 Å². The summed E-state index contributed by atoms with van der Waals surface area (Å²) in [6, 6.07) is 7.98. The van der Waals surface area contributed by atoms with Crippen molar-refractivity contribution in [3.05, 3.63) is 34.6 Å². The van der Waals surface area contributed by atoms with E-state index >= 15 is 0 Å². The van der Waals surface area contributed by atoms with E-state index in [0.717, 1.165) is 28.9 Å². The van der Waals surface area contributed by atoms with Crippen LogP contribution in [-0.2, 0) is 11.4 Å². The first-order valence-electron chi connectivity index (χ1n) is 8.30. The monoisotopic (exact) mass is 425 g/mol. The van der Waals surface area contributed by atoms with Gasteiger partial charge >= 0.3 is 5.97 Å². The Balaban J connectivity index is 1.78. The number of carboxylic acids is 1. The lowest BCUT2D eigenvalue weighted by atomic mass is 9.95. The average Bonchev–Trinajstić information content (AvgIpc) is 3.02. The molecule has 134 valence electrons. The zero-order valence-electron chi connectivity index (χ0n) is 13.7. The van der Waals surface area contributed by atoms with Crippen molar-refractivity contribution in [2.75, 3.05) is 5.75 Å². The van der Waals surface area contributed by atoms with Gasteiger partial charge in [-0.3, -0.25) is 9.36 Å². The number of ether oxygens (including phenoxy) is 1. The molecule has 8 heteroatoms. The van der Waals surface area contributed by atoms with Crippen LogP contribution in [0.15, 0.2) is 33.9 Å². The third-order valence-corrected chi connectivity index (χ3v) is 5.58. The second kappa shape index (κ2) is 8.71. The van der Waals surface area contributed by atoms with Crippen molar-refractivity contribution in [3.63, 3.8) is 0 Å². The predicted octanol–water partition coefficient (Wildman–Crippen LogP) is 4.30. The van der Waals surface area contributed by atoms with Crippen LogP contribution >= 0.6 is 27.7 Å². The molecular weight excluding hydrogens is 406 g/mol. The molecule has 0 amide bonds. The van der Waals surface area contributed by atoms with E-state index < -0.39 is 5.97 Å². The Morgan fingerprint density at radius 2 is 2.12 bits per heavy atom. The Bertz CT molecular complexity index is 732. The zero-order chi connectivity index (χ0) is 17.6. The minimum Gasteiger partial charge on any atom is -0.486 e. The number of carbonyl (C=O) groups is 1. The van der Waals surface area contributed by atoms with Gasteiger partial charge in [0.2, 0.25) is 0 Å². The fraction of sp³-hybridized carbons (Fsp3) is 0.471. The molecule has 0 atom stereocenters. The second-order valence-electron chi connectivity index (χ2n) is 5.99. The molecule has 1 saturated carbocycles. The first kappa shape index (κ1) is 18.3. The smallest absolute Gasteiger partial charge is 0.313 e. The summed E-state index contributed by atoms with van der Waals surface area (Å²) in [6.45, 7) is 0.313. The van der Waals surface area contributed by atoms with Crippen LogP contribution in [0, 0.1) is 0 Å². The van der Waals surface area contributed by atoms with Gasteiger partial charge in [0, 0.05) is 10.5 Å². The first-order valence-corrected chi connectivity index (χ1v) is 10.1. The van der Waals surface area contributed by atoms with E-state index in [1.54, 1.807) is 0 Å². The van der Waals surface area contributed by atoms with Gasteiger partial charge in [0.25, 0.3) is 0 Å². The van der Waals surface area contributed by atoms with E-state index in [9.17, 15) is 4.79 Å². The lowest BCUT2D eigenvalue weighted by molar-refractivity contribution is -0.133. The summed E-state index contributed by atoms with van der Waals surface area (Å²) in [5.41, 5.74) is 0. The molecule has 6 nitrogen and oxygen atoms in total. The highest BCUT2D eigenvalue weighted by molar-refractivity contribution is 9.10. The van der Waals surface area contributed by atoms with Crippen molar-refractivity contribution >= 4 is 33.7 Å². The number of thioether (sulfide) groups is 1. The molecular formula is C17H20BrN3O3S. The lowest BCUT2D eigenvalue weighted by Crippen LogP contribution is -2.18. The van der Waals surface area contributed by atoms with Crippen LogP contribution in [0.3, 0.4) is 0 Å². The fourth-order valence-corrected chi connectivity index (χ4v) is 4.16. The maximum absolute atomic E-state index is 10.9. The summed E-state index contributed by atoms with van der Waals surface area (Å²) in [6.07, 6.45) is 5.75. The Morgan fingerprint density at radius 3 is 2.84 bits per heavy atom. The van der Waals surface area contributed by atoms with Crippen LogP contribution in [0.1, 0.15) is 44.0 Å². The van der Waals surface area contributed by atoms with Gasteiger partial charge < -0.3 is 9.84 Å². The van der Waals surface area contributed by atoms with E-state index in [1.807, 2.05) is 24.3 Å². The lowest BCUT2D eigenvalue weighted by Gasteiger charge is -2.25. The molecule has 1 aliphatic rings. The van der Waals surface area contributed by atoms with Gasteiger partial charge in [-0.1, -0.05) is 53.0 Å². The van der Waals surface area contributed by atoms with Crippen molar-refractivity contribution < 1.29 is 14.6 Å². The summed E-state index contributed by atoms with van der Waals surface area (Å²) < 4.78 is 8.91. The summed E-state index contributed by atoms with van der Waals surface area (Å²) >= 11 is 4.65. The predicted molar refractivity (Wildman–Crippen MR) is 99.0 cm³/mol.